The van der Waals surface area contributed by atoms with Crippen LogP contribution >= 0.6 is 0 Å². The summed E-state index contributed by atoms with van der Waals surface area (Å²) in [4.78, 5) is 32.9. The van der Waals surface area contributed by atoms with Crippen LogP contribution in [0, 0.1) is 16.0 Å². The lowest BCUT2D eigenvalue weighted by atomic mass is 9.97. The van der Waals surface area contributed by atoms with Gasteiger partial charge in [0.1, 0.15) is 11.9 Å². The molecule has 0 unspecified atom stereocenters. The van der Waals surface area contributed by atoms with E-state index in [9.17, 15) is 14.9 Å². The van der Waals surface area contributed by atoms with Crippen LogP contribution in [0.4, 0.5) is 11.5 Å². The third-order valence-corrected chi connectivity index (χ3v) is 4.89. The molecule has 2 aliphatic rings. The molecule has 0 radical (unpaired) electrons. The monoisotopic (exact) mass is 416 g/mol. The predicted octanol–water partition coefficient (Wildman–Crippen LogP) is 2.69. The van der Waals surface area contributed by atoms with E-state index in [1.807, 2.05) is 0 Å². The van der Waals surface area contributed by atoms with Crippen molar-refractivity contribution in [1.82, 2.24) is 9.97 Å². The Hall–Kier alpha value is -3.63. The molecular formula is C19H20N4O7. The van der Waals surface area contributed by atoms with Crippen molar-refractivity contribution < 1.29 is 28.7 Å². The van der Waals surface area contributed by atoms with Gasteiger partial charge in [-0.25, -0.2) is 0 Å². The van der Waals surface area contributed by atoms with E-state index in [2.05, 4.69) is 9.97 Å². The van der Waals surface area contributed by atoms with Gasteiger partial charge in [-0.2, -0.15) is 9.97 Å². The molecular weight excluding hydrogens is 396 g/mol. The van der Waals surface area contributed by atoms with Crippen molar-refractivity contribution in [2.75, 3.05) is 31.4 Å². The summed E-state index contributed by atoms with van der Waals surface area (Å²) in [7, 11) is 0. The largest absolute Gasteiger partial charge is 0.466 e. The number of anilines is 1. The van der Waals surface area contributed by atoms with Crippen molar-refractivity contribution in [1.29, 1.82) is 0 Å². The number of piperidine rings is 1. The normalized spacial score (nSPS) is 15.7. The number of carbonyl (C=O) groups is 1. The van der Waals surface area contributed by atoms with Gasteiger partial charge in [0.25, 0.3) is 0 Å². The summed E-state index contributed by atoms with van der Waals surface area (Å²) in [5.74, 6) is 1.27. The van der Waals surface area contributed by atoms with Gasteiger partial charge in [0.05, 0.1) is 17.4 Å². The number of hydrogen-bond acceptors (Lipinski definition) is 10. The maximum atomic E-state index is 11.9. The second-order valence-corrected chi connectivity index (χ2v) is 6.75. The molecule has 1 saturated heterocycles. The van der Waals surface area contributed by atoms with Gasteiger partial charge < -0.3 is 23.8 Å². The minimum atomic E-state index is -0.531. The summed E-state index contributed by atoms with van der Waals surface area (Å²) < 4.78 is 21.3. The molecule has 0 atom stereocenters. The molecule has 2 aliphatic heterocycles. The zero-order valence-electron chi connectivity index (χ0n) is 16.3. The Morgan fingerprint density at radius 3 is 2.80 bits per heavy atom. The van der Waals surface area contributed by atoms with Crippen LogP contribution in [-0.4, -0.2) is 47.3 Å². The first-order chi connectivity index (χ1) is 14.5. The van der Waals surface area contributed by atoms with Crippen molar-refractivity contribution in [2.45, 2.75) is 19.8 Å². The zero-order valence-corrected chi connectivity index (χ0v) is 16.3. The molecule has 2 aromatic rings. The molecule has 0 amide bonds. The van der Waals surface area contributed by atoms with E-state index >= 15 is 0 Å². The molecule has 3 heterocycles. The second-order valence-electron chi connectivity index (χ2n) is 6.75. The van der Waals surface area contributed by atoms with Crippen molar-refractivity contribution >= 4 is 17.5 Å². The molecule has 11 heteroatoms. The predicted molar refractivity (Wildman–Crippen MR) is 103 cm³/mol. The summed E-state index contributed by atoms with van der Waals surface area (Å²) in [6, 6.07) is 4.98. The first-order valence-corrected chi connectivity index (χ1v) is 9.55. The smallest absolute Gasteiger partial charge is 0.329 e. The maximum Gasteiger partial charge on any atom is 0.329 e. The summed E-state index contributed by atoms with van der Waals surface area (Å²) in [5.41, 5.74) is -0.220. The highest BCUT2D eigenvalue weighted by molar-refractivity contribution is 5.73. The molecule has 4 rings (SSSR count). The highest BCUT2D eigenvalue weighted by Crippen LogP contribution is 2.37. The minimum Gasteiger partial charge on any atom is -0.466 e. The van der Waals surface area contributed by atoms with E-state index in [-0.39, 0.29) is 36.2 Å². The molecule has 0 N–H and O–H groups in total. The van der Waals surface area contributed by atoms with E-state index < -0.39 is 4.92 Å². The standard InChI is InChI=1S/C19H20N4O7/c1-2-27-18(24)12-5-7-22(8-6-12)17-14(23(25)26)10-20-19(21-17)30-13-3-4-15-16(9-13)29-11-28-15/h3-4,9-10,12H,2,5-8,11H2,1H3. The van der Waals surface area contributed by atoms with E-state index in [1.54, 1.807) is 30.0 Å². The van der Waals surface area contributed by atoms with Crippen LogP contribution in [0.3, 0.4) is 0 Å². The molecule has 11 nitrogen and oxygen atoms in total. The number of carbonyl (C=O) groups excluding carboxylic acids is 1. The fourth-order valence-electron chi connectivity index (χ4n) is 3.39. The number of rotatable bonds is 6. The molecule has 30 heavy (non-hydrogen) atoms. The average molecular weight is 416 g/mol. The molecule has 1 aromatic carbocycles. The Morgan fingerprint density at radius 1 is 1.30 bits per heavy atom. The fourth-order valence-corrected chi connectivity index (χ4v) is 3.39. The van der Waals surface area contributed by atoms with Gasteiger partial charge in [-0.3, -0.25) is 14.9 Å². The van der Waals surface area contributed by atoms with Crippen molar-refractivity contribution in [3.05, 3.63) is 34.5 Å². The number of aromatic nitrogens is 2. The lowest BCUT2D eigenvalue weighted by molar-refractivity contribution is -0.384. The number of fused-ring (bicyclic) bond motifs is 1. The average Bonchev–Trinajstić information content (AvgIpc) is 3.22. The fraction of sp³-hybridized carbons (Fsp3) is 0.421. The summed E-state index contributed by atoms with van der Waals surface area (Å²) >= 11 is 0. The van der Waals surface area contributed by atoms with Crippen LogP contribution in [0.15, 0.2) is 24.4 Å². The lowest BCUT2D eigenvalue weighted by Crippen LogP contribution is -2.37. The van der Waals surface area contributed by atoms with E-state index in [0.717, 1.165) is 6.20 Å². The molecule has 1 fully saturated rings. The summed E-state index contributed by atoms with van der Waals surface area (Å²) in [6.07, 6.45) is 2.18. The Balaban J connectivity index is 1.52. The van der Waals surface area contributed by atoms with Crippen LogP contribution in [0.5, 0.6) is 23.3 Å². The number of nitro groups is 1. The van der Waals surface area contributed by atoms with Crippen LogP contribution in [0.2, 0.25) is 0 Å². The zero-order chi connectivity index (χ0) is 21.1. The summed E-state index contributed by atoms with van der Waals surface area (Å²) in [5, 5.41) is 11.5. The molecule has 158 valence electrons. The first kappa shape index (κ1) is 19.7. The van der Waals surface area contributed by atoms with Crippen LogP contribution < -0.4 is 19.1 Å². The quantitative estimate of drug-likeness (QED) is 0.394. The Kier molecular flexibility index (Phi) is 5.50. The van der Waals surface area contributed by atoms with Gasteiger partial charge in [0.15, 0.2) is 11.5 Å². The highest BCUT2D eigenvalue weighted by Gasteiger charge is 2.31. The van der Waals surface area contributed by atoms with E-state index in [4.69, 9.17) is 18.9 Å². The maximum absolute atomic E-state index is 11.9. The number of nitrogens with zero attached hydrogens (tertiary/aromatic N) is 4. The van der Waals surface area contributed by atoms with Gasteiger partial charge in [-0.15, -0.1) is 0 Å². The van der Waals surface area contributed by atoms with Crippen LogP contribution in [0.25, 0.3) is 0 Å². The first-order valence-electron chi connectivity index (χ1n) is 9.55. The van der Waals surface area contributed by atoms with E-state index in [1.165, 1.54) is 0 Å². The number of esters is 1. The summed E-state index contributed by atoms with van der Waals surface area (Å²) in [6.45, 7) is 3.10. The van der Waals surface area contributed by atoms with E-state index in [0.29, 0.717) is 49.8 Å². The van der Waals surface area contributed by atoms with Crippen LogP contribution in [0.1, 0.15) is 19.8 Å². The molecule has 0 aliphatic carbocycles. The lowest BCUT2D eigenvalue weighted by Gasteiger charge is -2.31. The molecule has 0 spiro atoms. The Bertz CT molecular complexity index is 960. The molecule has 1 aromatic heterocycles. The number of ether oxygens (including phenoxy) is 4. The van der Waals surface area contributed by atoms with Crippen molar-refractivity contribution in [2.24, 2.45) is 5.92 Å². The van der Waals surface area contributed by atoms with Crippen molar-refractivity contribution in [3.63, 3.8) is 0 Å². The minimum absolute atomic E-state index is 0.0259. The van der Waals surface area contributed by atoms with Crippen molar-refractivity contribution in [3.8, 4) is 23.3 Å². The third kappa shape index (κ3) is 4.04. The van der Waals surface area contributed by atoms with Gasteiger partial charge in [0, 0.05) is 19.2 Å². The third-order valence-electron chi connectivity index (χ3n) is 4.89. The Labute approximate surface area is 171 Å². The SMILES string of the molecule is CCOC(=O)C1CCN(c2nc(Oc3ccc4c(c3)OCO4)ncc2[N+](=O)[O-])CC1. The Morgan fingerprint density at radius 2 is 2.07 bits per heavy atom. The van der Waals surface area contributed by atoms with Gasteiger partial charge in [-0.05, 0) is 31.9 Å². The topological polar surface area (TPSA) is 126 Å². The molecule has 0 saturated carbocycles. The molecule has 0 bridgehead atoms. The van der Waals surface area contributed by atoms with Gasteiger partial charge >= 0.3 is 17.7 Å². The number of hydrogen-bond donors (Lipinski definition) is 0. The highest BCUT2D eigenvalue weighted by atomic mass is 16.7. The number of benzene rings is 1. The second kappa shape index (κ2) is 8.39. The van der Waals surface area contributed by atoms with Crippen LogP contribution in [-0.2, 0) is 9.53 Å². The van der Waals surface area contributed by atoms with Gasteiger partial charge in [0.2, 0.25) is 12.6 Å². The van der Waals surface area contributed by atoms with Gasteiger partial charge in [-0.1, -0.05) is 0 Å².